The van der Waals surface area contributed by atoms with Gasteiger partial charge in [0.25, 0.3) is 0 Å². The Hall–Kier alpha value is -2.40. The van der Waals surface area contributed by atoms with Crippen molar-refractivity contribution >= 4 is 34.4 Å². The average molecular weight is 403 g/mol. The summed E-state index contributed by atoms with van der Waals surface area (Å²) in [5.41, 5.74) is 7.15. The van der Waals surface area contributed by atoms with Crippen LogP contribution in [0.1, 0.15) is 17.8 Å². The number of benzene rings is 1. The van der Waals surface area contributed by atoms with Gasteiger partial charge in [0, 0.05) is 21.9 Å². The predicted octanol–water partition coefficient (Wildman–Crippen LogP) is 3.45. The Morgan fingerprint density at radius 2 is 2.04 bits per heavy atom. The zero-order valence-electron chi connectivity index (χ0n) is 14.6. The highest BCUT2D eigenvalue weighted by Crippen LogP contribution is 2.28. The molecule has 1 amide bonds. The van der Waals surface area contributed by atoms with Crippen molar-refractivity contribution < 1.29 is 9.90 Å². The highest BCUT2D eigenvalue weighted by atomic mass is 35.5. The molecule has 27 heavy (non-hydrogen) atoms. The molecule has 0 spiro atoms. The molecule has 0 atom stereocenters. The van der Waals surface area contributed by atoms with Gasteiger partial charge in [-0.3, -0.25) is 9.69 Å². The fraction of sp³-hybridized carbons (Fsp3) is 0.316. The lowest BCUT2D eigenvalue weighted by Crippen LogP contribution is -2.39. The highest BCUT2D eigenvalue weighted by molar-refractivity contribution is 7.11. The minimum absolute atomic E-state index is 0.00738. The second-order valence-electron chi connectivity index (χ2n) is 6.43. The number of carbonyl (C=O) groups is 1. The molecule has 140 valence electrons. The lowest BCUT2D eigenvalue weighted by molar-refractivity contribution is -0.123. The number of nitriles is 1. The molecule has 0 radical (unpaired) electrons. The molecule has 0 unspecified atom stereocenters. The van der Waals surface area contributed by atoms with Crippen LogP contribution in [-0.4, -0.2) is 40.5 Å². The number of hydrogen-bond acceptors (Lipinski definition) is 6. The molecule has 2 heterocycles. The molecule has 1 aliphatic heterocycles. The molecular weight excluding hydrogens is 384 g/mol. The highest BCUT2D eigenvalue weighted by Gasteiger charge is 2.24. The summed E-state index contributed by atoms with van der Waals surface area (Å²) in [5.74, 6) is -0.389. The maximum absolute atomic E-state index is 11.2. The van der Waals surface area contributed by atoms with Crippen LogP contribution in [0.4, 0.5) is 0 Å². The lowest BCUT2D eigenvalue weighted by atomic mass is 9.96. The van der Waals surface area contributed by atoms with E-state index in [1.165, 1.54) is 11.3 Å². The van der Waals surface area contributed by atoms with E-state index >= 15 is 0 Å². The van der Waals surface area contributed by atoms with Crippen LogP contribution in [0.25, 0.3) is 16.8 Å². The predicted molar refractivity (Wildman–Crippen MR) is 106 cm³/mol. The van der Waals surface area contributed by atoms with Crippen molar-refractivity contribution in [1.29, 1.82) is 5.26 Å². The van der Waals surface area contributed by atoms with Crippen molar-refractivity contribution in [1.82, 2.24) is 9.88 Å². The molecule has 1 aromatic carbocycles. The Labute approximate surface area is 166 Å². The summed E-state index contributed by atoms with van der Waals surface area (Å²) < 4.78 is 0. The molecule has 3 rings (SSSR count). The summed E-state index contributed by atoms with van der Waals surface area (Å²) in [7, 11) is 0. The number of aliphatic hydroxyl groups is 1. The largest absolute Gasteiger partial charge is 0.509 e. The van der Waals surface area contributed by atoms with Gasteiger partial charge in [0.1, 0.15) is 22.4 Å². The number of nitrogens with zero attached hydrogens (tertiary/aromatic N) is 3. The Morgan fingerprint density at radius 3 is 2.63 bits per heavy atom. The molecule has 6 nitrogen and oxygen atoms in total. The summed E-state index contributed by atoms with van der Waals surface area (Å²) in [6, 6.07) is 9.35. The normalized spacial score (nSPS) is 16.6. The Bertz CT molecular complexity index is 893. The molecule has 3 N–H and O–H groups in total. The van der Waals surface area contributed by atoms with E-state index in [0.29, 0.717) is 36.0 Å². The first-order valence-electron chi connectivity index (χ1n) is 8.53. The first-order valence-corrected chi connectivity index (χ1v) is 9.79. The quantitative estimate of drug-likeness (QED) is 0.588. The second kappa shape index (κ2) is 8.53. The van der Waals surface area contributed by atoms with Crippen LogP contribution in [0.5, 0.6) is 0 Å². The number of allylic oxidation sites excluding steroid dienone is 1. The number of nitrogens with two attached hydrogens (primary N) is 1. The number of aromatic nitrogens is 1. The van der Waals surface area contributed by atoms with Gasteiger partial charge in [0.05, 0.1) is 12.2 Å². The molecule has 1 saturated heterocycles. The summed E-state index contributed by atoms with van der Waals surface area (Å²) in [6.07, 6.45) is 1.34. The van der Waals surface area contributed by atoms with Crippen molar-refractivity contribution in [2.24, 2.45) is 11.7 Å². The van der Waals surface area contributed by atoms with Crippen molar-refractivity contribution in [2.75, 3.05) is 19.6 Å². The summed E-state index contributed by atoms with van der Waals surface area (Å²) in [6.45, 7) is 1.57. The van der Waals surface area contributed by atoms with Gasteiger partial charge in [-0.05, 0) is 38.1 Å². The molecule has 8 heteroatoms. The molecule has 0 aliphatic carbocycles. The molecule has 0 saturated carbocycles. The molecular formula is C19H19ClN4O2S. The van der Waals surface area contributed by atoms with Gasteiger partial charge in [-0.2, -0.15) is 5.26 Å². The number of piperidine rings is 1. The SMILES string of the molecule is N#C/C(=C(/O)CN1CCC(C(N)=O)CC1)c1nc(-c2ccc(Cl)cc2)cs1. The minimum Gasteiger partial charge on any atom is -0.509 e. The van der Waals surface area contributed by atoms with Crippen molar-refractivity contribution in [3.8, 4) is 17.3 Å². The summed E-state index contributed by atoms with van der Waals surface area (Å²) >= 11 is 7.22. The van der Waals surface area contributed by atoms with Gasteiger partial charge < -0.3 is 10.8 Å². The summed E-state index contributed by atoms with van der Waals surface area (Å²) in [5, 5.41) is 23.0. The Morgan fingerprint density at radius 1 is 1.37 bits per heavy atom. The number of hydrogen-bond donors (Lipinski definition) is 2. The monoisotopic (exact) mass is 402 g/mol. The lowest BCUT2D eigenvalue weighted by Gasteiger charge is -2.30. The van der Waals surface area contributed by atoms with Gasteiger partial charge in [-0.25, -0.2) is 4.98 Å². The number of carbonyl (C=O) groups excluding carboxylic acids is 1. The minimum atomic E-state index is -0.273. The number of likely N-dealkylation sites (tertiary alicyclic amines) is 1. The van der Waals surface area contributed by atoms with E-state index in [1.54, 1.807) is 12.1 Å². The van der Waals surface area contributed by atoms with Gasteiger partial charge in [-0.1, -0.05) is 23.7 Å². The maximum Gasteiger partial charge on any atom is 0.220 e. The second-order valence-corrected chi connectivity index (χ2v) is 7.73. The van der Waals surface area contributed by atoms with E-state index in [2.05, 4.69) is 11.1 Å². The topological polar surface area (TPSA) is 103 Å². The van der Waals surface area contributed by atoms with Gasteiger partial charge in [0.2, 0.25) is 5.91 Å². The van der Waals surface area contributed by atoms with Crippen LogP contribution in [-0.2, 0) is 4.79 Å². The summed E-state index contributed by atoms with van der Waals surface area (Å²) in [4.78, 5) is 17.7. The van der Waals surface area contributed by atoms with E-state index in [0.717, 1.165) is 11.3 Å². The van der Waals surface area contributed by atoms with Gasteiger partial charge in [-0.15, -0.1) is 11.3 Å². The van der Waals surface area contributed by atoms with E-state index in [9.17, 15) is 15.2 Å². The van der Waals surface area contributed by atoms with Crippen molar-refractivity contribution in [3.05, 3.63) is 45.4 Å². The first-order chi connectivity index (χ1) is 13.0. The van der Waals surface area contributed by atoms with Crippen LogP contribution in [0, 0.1) is 17.2 Å². The molecule has 0 bridgehead atoms. The van der Waals surface area contributed by atoms with Crippen LogP contribution < -0.4 is 5.73 Å². The van der Waals surface area contributed by atoms with Crippen LogP contribution in [0.3, 0.4) is 0 Å². The fourth-order valence-corrected chi connectivity index (χ4v) is 4.01. The van der Waals surface area contributed by atoms with E-state index in [4.69, 9.17) is 17.3 Å². The van der Waals surface area contributed by atoms with Crippen molar-refractivity contribution in [3.63, 3.8) is 0 Å². The van der Waals surface area contributed by atoms with Crippen LogP contribution >= 0.6 is 22.9 Å². The fourth-order valence-electron chi connectivity index (χ4n) is 3.04. The van der Waals surface area contributed by atoms with E-state index in [-0.39, 0.29) is 29.7 Å². The molecule has 1 aliphatic rings. The number of thiazole rings is 1. The molecule has 1 aromatic heterocycles. The number of halogens is 1. The smallest absolute Gasteiger partial charge is 0.220 e. The van der Waals surface area contributed by atoms with Crippen LogP contribution in [0.15, 0.2) is 35.4 Å². The Balaban J connectivity index is 1.73. The van der Waals surface area contributed by atoms with Crippen LogP contribution in [0.2, 0.25) is 5.02 Å². The van der Waals surface area contributed by atoms with Crippen molar-refractivity contribution in [2.45, 2.75) is 12.8 Å². The number of rotatable bonds is 5. The number of aliphatic hydroxyl groups excluding tert-OH is 1. The third-order valence-corrected chi connectivity index (χ3v) is 5.73. The van der Waals surface area contributed by atoms with E-state index < -0.39 is 0 Å². The maximum atomic E-state index is 11.2. The zero-order chi connectivity index (χ0) is 19.4. The standard InChI is InChI=1S/C19H19ClN4O2S/c20-14-3-1-12(2-4-14)16-11-27-19(23-16)15(9-21)17(25)10-24-7-5-13(6-8-24)18(22)26/h1-4,11,13,25H,5-8,10H2,(H2,22,26)/b17-15-. The van der Waals surface area contributed by atoms with E-state index in [1.807, 2.05) is 22.4 Å². The number of primary amides is 1. The third kappa shape index (κ3) is 4.66. The number of amides is 1. The molecule has 2 aromatic rings. The average Bonchev–Trinajstić information content (AvgIpc) is 3.13. The molecule has 1 fully saturated rings. The third-order valence-electron chi connectivity index (χ3n) is 4.62. The van der Waals surface area contributed by atoms with Gasteiger partial charge in [0.15, 0.2) is 0 Å². The first kappa shape index (κ1) is 19.4. The Kier molecular flexibility index (Phi) is 6.11. The van der Waals surface area contributed by atoms with Gasteiger partial charge >= 0.3 is 0 Å². The zero-order valence-corrected chi connectivity index (χ0v) is 16.1.